The number of hydrogen-bond acceptors (Lipinski definition) is 6. The van der Waals surface area contributed by atoms with E-state index in [1.807, 2.05) is 6.26 Å². The highest BCUT2D eigenvalue weighted by Crippen LogP contribution is 2.13. The molecule has 0 saturated carbocycles. The van der Waals surface area contributed by atoms with Gasteiger partial charge in [-0.25, -0.2) is 13.2 Å². The van der Waals surface area contributed by atoms with Gasteiger partial charge in [0.2, 0.25) is 0 Å². The van der Waals surface area contributed by atoms with Crippen LogP contribution in [0.5, 0.6) is 0 Å². The van der Waals surface area contributed by atoms with Crippen molar-refractivity contribution in [3.8, 4) is 0 Å². The summed E-state index contributed by atoms with van der Waals surface area (Å²) in [6.07, 6.45) is 22.3. The van der Waals surface area contributed by atoms with Crippen LogP contribution in [-0.4, -0.2) is 49.9 Å². The van der Waals surface area contributed by atoms with Crippen LogP contribution in [0.3, 0.4) is 0 Å². The molecule has 0 aromatic carbocycles. The van der Waals surface area contributed by atoms with Gasteiger partial charge in [-0.05, 0) is 18.4 Å². The normalized spacial score (nSPS) is 12.2. The van der Waals surface area contributed by atoms with Gasteiger partial charge in [-0.3, -0.25) is 0 Å². The fourth-order valence-electron chi connectivity index (χ4n) is 2.97. The van der Waals surface area contributed by atoms with Crippen LogP contribution in [0, 0.1) is 0 Å². The quantitative estimate of drug-likeness (QED) is 0.169. The molecule has 0 unspecified atom stereocenters. The summed E-state index contributed by atoms with van der Waals surface area (Å²) in [7, 11) is -3.92. The smallest absolute Gasteiger partial charge is 0.364 e. The Hall–Kier alpha value is -0.310. The third-order valence-corrected chi connectivity index (χ3v) is 5.39. The van der Waals surface area contributed by atoms with Gasteiger partial charge in [0.15, 0.2) is 6.04 Å². The van der Waals surface area contributed by atoms with Crippen molar-refractivity contribution in [1.82, 2.24) is 0 Å². The lowest BCUT2D eigenvalue weighted by atomic mass is 10.0. The lowest BCUT2D eigenvalue weighted by Gasteiger charge is -2.08. The maximum absolute atomic E-state index is 11.7. The van der Waals surface area contributed by atoms with Gasteiger partial charge in [0.1, 0.15) is 0 Å². The van der Waals surface area contributed by atoms with Crippen LogP contribution in [-0.2, 0) is 19.6 Å². The Balaban J connectivity index is 0. The Kier molecular flexibility index (Phi) is 24.8. The summed E-state index contributed by atoms with van der Waals surface area (Å²) in [5.74, 6) is 0.853. The van der Waals surface area contributed by atoms with Gasteiger partial charge in [0.05, 0.1) is 16.7 Å². The molecular formula is C22H47NO5S2. The minimum atomic E-state index is -3.92. The highest BCUT2D eigenvalue weighted by molar-refractivity contribution is 7.98. The predicted molar refractivity (Wildman–Crippen MR) is 127 cm³/mol. The zero-order valence-electron chi connectivity index (χ0n) is 19.7. The minimum absolute atomic E-state index is 0.122. The second-order valence-corrected chi connectivity index (χ2v) is 10.3. The highest BCUT2D eigenvalue weighted by Gasteiger charge is 2.17. The fraction of sp³-hybridized carbons (Fsp3) is 0.955. The lowest BCUT2D eigenvalue weighted by molar-refractivity contribution is -0.408. The van der Waals surface area contributed by atoms with Crippen molar-refractivity contribution in [2.24, 2.45) is 0 Å². The van der Waals surface area contributed by atoms with Gasteiger partial charge in [0.25, 0.3) is 0 Å². The van der Waals surface area contributed by atoms with Crippen LogP contribution in [0.2, 0.25) is 0 Å². The molecule has 0 saturated heterocycles. The van der Waals surface area contributed by atoms with E-state index in [9.17, 15) is 4.79 Å². The van der Waals surface area contributed by atoms with E-state index in [2.05, 4.69) is 12.7 Å². The maximum Gasteiger partial charge on any atom is 0.364 e. The standard InChI is InChI=1S/C21H43NO2S.CH4O3S/c1-3-4-5-6-7-8-9-10-11-12-13-14-15-16-18-24-21(23)20(22)17-19-25-2;1-5(2,3)4/h20H,3-19,22H2,1-2H3;1H3,(H,2,3,4)/t20-;/m0./s1. The summed E-state index contributed by atoms with van der Waals surface area (Å²) in [6.45, 7) is 2.85. The Bertz CT molecular complexity index is 464. The molecule has 182 valence electrons. The van der Waals surface area contributed by atoms with Gasteiger partial charge in [-0.2, -0.15) is 11.8 Å². The first kappa shape index (κ1) is 31.9. The third kappa shape index (κ3) is 32.4. The topological polar surface area (TPSA) is 111 Å². The SMILES string of the molecule is CCCCCCCCCCCCCCCCOC(=O)[C@@H]([NH3+])CCSC.CS(=O)(=O)[O-]. The number of rotatable bonds is 19. The van der Waals surface area contributed by atoms with Crippen molar-refractivity contribution in [2.75, 3.05) is 24.9 Å². The second kappa shape index (κ2) is 23.4. The third-order valence-electron chi connectivity index (χ3n) is 4.75. The number of hydrogen-bond donors (Lipinski definition) is 1. The van der Waals surface area contributed by atoms with Crippen molar-refractivity contribution >= 4 is 27.8 Å². The number of quaternary nitrogens is 1. The van der Waals surface area contributed by atoms with Crippen molar-refractivity contribution in [1.29, 1.82) is 0 Å². The molecule has 0 heterocycles. The monoisotopic (exact) mass is 469 g/mol. The predicted octanol–water partition coefficient (Wildman–Crippen LogP) is 4.54. The minimum Gasteiger partial charge on any atom is -0.748 e. The molecule has 0 aromatic heterocycles. The summed E-state index contributed by atoms with van der Waals surface area (Å²) in [6, 6.07) is -0.195. The average Bonchev–Trinajstić information content (AvgIpc) is 2.67. The molecule has 0 amide bonds. The summed E-state index contributed by atoms with van der Waals surface area (Å²) in [4.78, 5) is 11.7. The van der Waals surface area contributed by atoms with Crippen LogP contribution < -0.4 is 5.73 Å². The van der Waals surface area contributed by atoms with Crippen molar-refractivity contribution in [2.45, 2.75) is 109 Å². The zero-order chi connectivity index (χ0) is 23.1. The molecule has 0 aliphatic rings. The molecule has 3 N–H and O–H groups in total. The van der Waals surface area contributed by atoms with E-state index < -0.39 is 10.1 Å². The van der Waals surface area contributed by atoms with E-state index in [4.69, 9.17) is 17.7 Å². The summed E-state index contributed by atoms with van der Waals surface area (Å²) in [5, 5.41) is 0. The first-order valence-corrected chi connectivity index (χ1v) is 14.8. The molecule has 6 nitrogen and oxygen atoms in total. The molecular weight excluding hydrogens is 422 g/mol. The molecule has 0 aromatic rings. The number of carbonyl (C=O) groups is 1. The number of ether oxygens (including phenoxy) is 1. The highest BCUT2D eigenvalue weighted by atomic mass is 32.2. The summed E-state index contributed by atoms with van der Waals surface area (Å²) in [5.41, 5.74) is 3.88. The van der Waals surface area contributed by atoms with Crippen molar-refractivity contribution in [3.63, 3.8) is 0 Å². The molecule has 0 radical (unpaired) electrons. The molecule has 1 atom stereocenters. The number of esters is 1. The van der Waals surface area contributed by atoms with Crippen LogP contribution in [0.1, 0.15) is 103 Å². The van der Waals surface area contributed by atoms with E-state index in [0.29, 0.717) is 12.9 Å². The molecule has 8 heteroatoms. The Morgan fingerprint density at radius 3 is 1.63 bits per heavy atom. The molecule has 0 spiro atoms. The van der Waals surface area contributed by atoms with Gasteiger partial charge < -0.3 is 15.0 Å². The van der Waals surface area contributed by atoms with E-state index in [-0.39, 0.29) is 12.0 Å². The van der Waals surface area contributed by atoms with Crippen molar-refractivity contribution in [3.05, 3.63) is 0 Å². The zero-order valence-corrected chi connectivity index (χ0v) is 21.3. The number of thioether (sulfide) groups is 1. The molecule has 0 aliphatic heterocycles. The first-order chi connectivity index (χ1) is 14.2. The largest absolute Gasteiger partial charge is 0.748 e. The van der Waals surface area contributed by atoms with Crippen LogP contribution >= 0.6 is 11.8 Å². The van der Waals surface area contributed by atoms with Crippen LogP contribution in [0.25, 0.3) is 0 Å². The number of unbranched alkanes of at least 4 members (excludes halogenated alkanes) is 13. The van der Waals surface area contributed by atoms with Gasteiger partial charge >= 0.3 is 5.97 Å². The van der Waals surface area contributed by atoms with Gasteiger partial charge in [0, 0.05) is 12.7 Å². The Morgan fingerprint density at radius 2 is 1.27 bits per heavy atom. The molecule has 0 bridgehead atoms. The molecule has 0 fully saturated rings. The maximum atomic E-state index is 11.7. The van der Waals surface area contributed by atoms with Crippen LogP contribution in [0.4, 0.5) is 0 Å². The molecule has 0 aliphatic carbocycles. The average molecular weight is 470 g/mol. The molecule has 0 rings (SSSR count). The second-order valence-electron chi connectivity index (χ2n) is 7.95. The first-order valence-electron chi connectivity index (χ1n) is 11.6. The fourth-order valence-corrected chi connectivity index (χ4v) is 3.49. The van der Waals surface area contributed by atoms with Crippen molar-refractivity contribution < 1.29 is 28.2 Å². The van der Waals surface area contributed by atoms with Gasteiger partial charge in [-0.1, -0.05) is 90.4 Å². The van der Waals surface area contributed by atoms with Gasteiger partial charge in [-0.15, -0.1) is 0 Å². The van der Waals surface area contributed by atoms with Crippen LogP contribution in [0.15, 0.2) is 0 Å². The van der Waals surface area contributed by atoms with E-state index in [1.165, 1.54) is 83.5 Å². The summed E-state index contributed by atoms with van der Waals surface area (Å²) < 4.78 is 32.5. The summed E-state index contributed by atoms with van der Waals surface area (Å²) >= 11 is 1.75. The Labute approximate surface area is 190 Å². The van der Waals surface area contributed by atoms with E-state index in [1.54, 1.807) is 11.8 Å². The number of carbonyl (C=O) groups excluding carboxylic acids is 1. The lowest BCUT2D eigenvalue weighted by Crippen LogP contribution is -2.65. The van der Waals surface area contributed by atoms with E-state index >= 15 is 0 Å². The Morgan fingerprint density at radius 1 is 0.900 bits per heavy atom. The molecule has 30 heavy (non-hydrogen) atoms. The van der Waals surface area contributed by atoms with E-state index in [0.717, 1.165) is 18.6 Å².